The Morgan fingerprint density at radius 3 is 2.49 bits per heavy atom. The number of hydrogen-bond donors (Lipinski definition) is 1. The second-order valence-electron chi connectivity index (χ2n) is 8.51. The molecule has 1 heterocycles. The number of aliphatic imine (C=N–C) groups is 1. The molecular weight excluding hydrogens is 595 g/mol. The minimum atomic E-state index is -0.167. The van der Waals surface area contributed by atoms with Crippen molar-refractivity contribution < 1.29 is 14.3 Å². The lowest BCUT2D eigenvalue weighted by molar-refractivity contribution is -0.115. The van der Waals surface area contributed by atoms with Crippen molar-refractivity contribution in [3.63, 3.8) is 0 Å². The van der Waals surface area contributed by atoms with E-state index in [-0.39, 0.29) is 5.91 Å². The molecule has 1 saturated heterocycles. The molecule has 0 aliphatic carbocycles. The maximum absolute atomic E-state index is 12.6. The van der Waals surface area contributed by atoms with Crippen LogP contribution in [0.1, 0.15) is 23.6 Å². The molecule has 1 amide bonds. The number of ether oxygens (including phenoxy) is 2. The highest BCUT2D eigenvalue weighted by molar-refractivity contribution is 14.1. The topological polar surface area (TPSA) is 59.9 Å². The fraction of sp³-hybridized carbons (Fsp3) is 0.133. The normalized spacial score (nSPS) is 15.4. The van der Waals surface area contributed by atoms with Gasteiger partial charge in [0.25, 0.3) is 5.91 Å². The number of thioether (sulfide) groups is 1. The van der Waals surface area contributed by atoms with Crippen molar-refractivity contribution in [2.75, 3.05) is 7.11 Å². The molecule has 186 valence electrons. The Morgan fingerprint density at radius 1 is 0.973 bits per heavy atom. The fourth-order valence-corrected chi connectivity index (χ4v) is 5.63. The number of amides is 1. The number of halogens is 1. The molecule has 0 atom stereocenters. The van der Waals surface area contributed by atoms with Crippen molar-refractivity contribution in [1.29, 1.82) is 0 Å². The highest BCUT2D eigenvalue weighted by Gasteiger charge is 2.24. The van der Waals surface area contributed by atoms with E-state index in [1.807, 2.05) is 42.5 Å². The van der Waals surface area contributed by atoms with Crippen molar-refractivity contribution in [3.8, 4) is 11.5 Å². The van der Waals surface area contributed by atoms with Crippen molar-refractivity contribution in [2.45, 2.75) is 20.0 Å². The van der Waals surface area contributed by atoms with Crippen LogP contribution in [0.2, 0.25) is 0 Å². The number of hydrogen-bond acceptors (Lipinski definition) is 5. The van der Waals surface area contributed by atoms with Gasteiger partial charge in [0.1, 0.15) is 6.61 Å². The van der Waals surface area contributed by atoms with Gasteiger partial charge in [-0.3, -0.25) is 4.79 Å². The van der Waals surface area contributed by atoms with Gasteiger partial charge in [-0.2, -0.15) is 0 Å². The monoisotopic (exact) mass is 620 g/mol. The Hall–Kier alpha value is -3.30. The lowest BCUT2D eigenvalue weighted by Crippen LogP contribution is -2.19. The number of nitrogens with zero attached hydrogens (tertiary/aromatic N) is 1. The van der Waals surface area contributed by atoms with Crippen molar-refractivity contribution in [1.82, 2.24) is 5.32 Å². The molecule has 7 heteroatoms. The third-order valence-electron chi connectivity index (χ3n) is 5.97. The molecule has 4 aromatic carbocycles. The Balaban J connectivity index is 1.33. The average Bonchev–Trinajstić information content (AvgIpc) is 3.26. The summed E-state index contributed by atoms with van der Waals surface area (Å²) in [6.45, 7) is 2.54. The smallest absolute Gasteiger partial charge is 0.264 e. The Kier molecular flexibility index (Phi) is 7.81. The summed E-state index contributed by atoms with van der Waals surface area (Å²) in [6, 6.07) is 26.5. The largest absolute Gasteiger partial charge is 0.493 e. The highest BCUT2D eigenvalue weighted by Crippen LogP contribution is 2.37. The van der Waals surface area contributed by atoms with Gasteiger partial charge in [0.2, 0.25) is 0 Å². The van der Waals surface area contributed by atoms with E-state index < -0.39 is 0 Å². The number of carbonyl (C=O) groups excluding carboxylic acids is 1. The van der Waals surface area contributed by atoms with Crippen molar-refractivity contribution in [3.05, 3.63) is 104 Å². The van der Waals surface area contributed by atoms with Crippen molar-refractivity contribution in [2.24, 2.45) is 4.99 Å². The van der Waals surface area contributed by atoms with Crippen LogP contribution in [0.5, 0.6) is 11.5 Å². The number of methoxy groups -OCH3 is 1. The average molecular weight is 621 g/mol. The van der Waals surface area contributed by atoms with Crippen LogP contribution in [-0.4, -0.2) is 18.2 Å². The molecule has 4 aromatic rings. The molecule has 1 aliphatic heterocycles. The Bertz CT molecular complexity index is 1530. The van der Waals surface area contributed by atoms with E-state index in [9.17, 15) is 4.79 Å². The minimum Gasteiger partial charge on any atom is -0.493 e. The van der Waals surface area contributed by atoms with Gasteiger partial charge in [-0.25, -0.2) is 4.99 Å². The molecule has 0 aromatic heterocycles. The first-order valence-corrected chi connectivity index (χ1v) is 13.8. The van der Waals surface area contributed by atoms with Gasteiger partial charge in [-0.05, 0) is 105 Å². The predicted octanol–water partition coefficient (Wildman–Crippen LogP) is 7.49. The molecule has 0 spiro atoms. The lowest BCUT2D eigenvalue weighted by Gasteiger charge is -2.14. The number of rotatable bonds is 7. The fourth-order valence-electron chi connectivity index (χ4n) is 4.00. The summed E-state index contributed by atoms with van der Waals surface area (Å²) < 4.78 is 12.7. The van der Waals surface area contributed by atoms with Crippen LogP contribution in [0.4, 0.5) is 5.69 Å². The molecular formula is C30H25IN2O3S. The number of aryl methyl sites for hydroxylation is 1. The zero-order chi connectivity index (χ0) is 25.8. The van der Waals surface area contributed by atoms with Crippen molar-refractivity contribution >= 4 is 68.0 Å². The quantitative estimate of drug-likeness (QED) is 0.172. The Morgan fingerprint density at radius 2 is 1.73 bits per heavy atom. The number of fused-ring (bicyclic) bond motifs is 1. The predicted molar refractivity (Wildman–Crippen MR) is 161 cm³/mol. The van der Waals surface area contributed by atoms with E-state index in [0.29, 0.717) is 28.2 Å². The van der Waals surface area contributed by atoms with E-state index >= 15 is 0 Å². The second kappa shape index (κ2) is 11.4. The molecule has 1 fully saturated rings. The number of nitrogens with one attached hydrogen (secondary N) is 1. The van der Waals surface area contributed by atoms with E-state index in [1.54, 1.807) is 7.11 Å². The molecule has 5 rings (SSSR count). The van der Waals surface area contributed by atoms with E-state index in [0.717, 1.165) is 26.8 Å². The zero-order valence-electron chi connectivity index (χ0n) is 20.5. The summed E-state index contributed by atoms with van der Waals surface area (Å²) in [4.78, 5) is 17.7. The summed E-state index contributed by atoms with van der Waals surface area (Å²) in [5, 5.41) is 5.80. The molecule has 1 aliphatic rings. The number of carbonyl (C=O) groups is 1. The van der Waals surface area contributed by atoms with Crippen LogP contribution < -0.4 is 14.8 Å². The maximum Gasteiger partial charge on any atom is 0.264 e. The van der Waals surface area contributed by atoms with Crippen LogP contribution in [0, 0.1) is 3.57 Å². The van der Waals surface area contributed by atoms with Gasteiger partial charge in [0.05, 0.1) is 21.3 Å². The molecule has 0 saturated carbocycles. The van der Waals surface area contributed by atoms with Gasteiger partial charge in [0, 0.05) is 0 Å². The minimum absolute atomic E-state index is 0.167. The zero-order valence-corrected chi connectivity index (χ0v) is 23.4. The van der Waals surface area contributed by atoms with Gasteiger partial charge >= 0.3 is 0 Å². The number of benzene rings is 4. The maximum atomic E-state index is 12.6. The van der Waals surface area contributed by atoms with E-state index in [2.05, 4.69) is 82.3 Å². The van der Waals surface area contributed by atoms with E-state index in [1.165, 1.54) is 28.1 Å². The van der Waals surface area contributed by atoms with Crippen LogP contribution in [0.25, 0.3) is 16.8 Å². The Labute approximate surface area is 234 Å². The summed E-state index contributed by atoms with van der Waals surface area (Å²) in [7, 11) is 1.62. The van der Waals surface area contributed by atoms with Crippen LogP contribution in [-0.2, 0) is 17.8 Å². The van der Waals surface area contributed by atoms with E-state index in [4.69, 9.17) is 9.47 Å². The summed E-state index contributed by atoms with van der Waals surface area (Å²) in [6.07, 6.45) is 2.82. The second-order valence-corrected chi connectivity index (χ2v) is 10.7. The van der Waals surface area contributed by atoms with Gasteiger partial charge in [-0.1, -0.05) is 55.5 Å². The van der Waals surface area contributed by atoms with Crippen LogP contribution >= 0.6 is 34.4 Å². The molecule has 5 nitrogen and oxygen atoms in total. The molecule has 0 unspecified atom stereocenters. The van der Waals surface area contributed by atoms with Gasteiger partial charge in [-0.15, -0.1) is 0 Å². The first kappa shape index (κ1) is 25.4. The van der Waals surface area contributed by atoms with Crippen LogP contribution in [0.3, 0.4) is 0 Å². The first-order valence-electron chi connectivity index (χ1n) is 11.9. The first-order chi connectivity index (χ1) is 18.0. The number of amidine groups is 1. The molecule has 0 bridgehead atoms. The summed E-state index contributed by atoms with van der Waals surface area (Å²) >= 11 is 3.57. The van der Waals surface area contributed by atoms with Gasteiger partial charge < -0.3 is 14.8 Å². The van der Waals surface area contributed by atoms with Crippen LogP contribution in [0.15, 0.2) is 88.8 Å². The molecule has 1 N–H and O–H groups in total. The SMILES string of the molecule is CCc1ccc(N=C2NC(=O)/C(=C/c3cc(I)c(OCc4ccc5ccccc5c4)c(OC)c3)S2)cc1. The standard InChI is InChI=1S/C30H25IN2O3S/c1-3-19-9-12-24(13-10-19)32-30-33-29(34)27(37-30)17-21-15-25(31)28(26(16-21)35-2)36-18-20-8-11-22-6-4-5-7-23(22)14-20/h4-17H,3,18H2,1-2H3,(H,32,33,34)/b27-17-. The molecule has 37 heavy (non-hydrogen) atoms. The third-order valence-corrected chi connectivity index (χ3v) is 7.68. The lowest BCUT2D eigenvalue weighted by atomic mass is 10.1. The molecule has 0 radical (unpaired) electrons. The van der Waals surface area contributed by atoms with Gasteiger partial charge in [0.15, 0.2) is 16.7 Å². The highest BCUT2D eigenvalue weighted by atomic mass is 127. The third kappa shape index (κ3) is 5.99. The summed E-state index contributed by atoms with van der Waals surface area (Å²) in [5.74, 6) is 1.13. The summed E-state index contributed by atoms with van der Waals surface area (Å²) in [5.41, 5.74) is 4.00.